The zero-order valence-corrected chi connectivity index (χ0v) is 11.4. The lowest BCUT2D eigenvalue weighted by Crippen LogP contribution is -1.90. The van der Waals surface area contributed by atoms with Gasteiger partial charge in [-0.25, -0.2) is 0 Å². The van der Waals surface area contributed by atoms with Crippen LogP contribution in [0.2, 0.25) is 0 Å². The smallest absolute Gasteiger partial charge is 0.230 e. The summed E-state index contributed by atoms with van der Waals surface area (Å²) in [6, 6.07) is 10.0. The minimum Gasteiger partial charge on any atom is -0.367 e. The lowest BCUT2D eigenvalue weighted by Gasteiger charge is -2.06. The molecule has 0 saturated heterocycles. The Morgan fingerprint density at radius 2 is 1.80 bits per heavy atom. The van der Waals surface area contributed by atoms with Crippen LogP contribution in [0.1, 0.15) is 11.1 Å². The van der Waals surface area contributed by atoms with Crippen molar-refractivity contribution in [3.63, 3.8) is 0 Å². The van der Waals surface area contributed by atoms with Gasteiger partial charge in [-0.1, -0.05) is 28.9 Å². The Morgan fingerprint density at radius 3 is 2.50 bits per heavy atom. The number of rotatable bonds is 2. The first-order chi connectivity index (χ1) is 9.66. The third-order valence-electron chi connectivity index (χ3n) is 3.32. The number of hydrogen-bond acceptors (Lipinski definition) is 4. The van der Waals surface area contributed by atoms with Crippen molar-refractivity contribution >= 4 is 5.88 Å². The third kappa shape index (κ3) is 2.05. The number of pyridine rings is 1. The first-order valence-electron chi connectivity index (χ1n) is 6.40. The van der Waals surface area contributed by atoms with E-state index in [1.165, 1.54) is 5.56 Å². The van der Waals surface area contributed by atoms with E-state index in [2.05, 4.69) is 36.1 Å². The van der Waals surface area contributed by atoms with Crippen LogP contribution in [-0.2, 0) is 0 Å². The van der Waals surface area contributed by atoms with Crippen LogP contribution in [0.4, 0.5) is 5.88 Å². The molecule has 0 unspecified atom stereocenters. The fourth-order valence-corrected chi connectivity index (χ4v) is 2.36. The molecular formula is C16H15N3O. The molecule has 0 fully saturated rings. The Kier molecular flexibility index (Phi) is 2.99. The fraction of sp³-hybridized carbons (Fsp3) is 0.125. The molecule has 2 heterocycles. The second-order valence-electron chi connectivity index (χ2n) is 4.82. The molecule has 2 aromatic heterocycles. The molecule has 0 amide bonds. The van der Waals surface area contributed by atoms with Gasteiger partial charge in [0, 0.05) is 18.0 Å². The zero-order valence-electron chi connectivity index (χ0n) is 11.4. The number of benzene rings is 1. The van der Waals surface area contributed by atoms with Crippen molar-refractivity contribution in [2.45, 2.75) is 13.8 Å². The van der Waals surface area contributed by atoms with Crippen molar-refractivity contribution in [3.8, 4) is 22.4 Å². The Bertz CT molecular complexity index is 748. The molecule has 0 bridgehead atoms. The summed E-state index contributed by atoms with van der Waals surface area (Å²) in [5.41, 5.74) is 11.9. The second kappa shape index (κ2) is 4.81. The number of aromatic nitrogens is 2. The maximum absolute atomic E-state index is 5.94. The van der Waals surface area contributed by atoms with E-state index in [0.29, 0.717) is 5.88 Å². The molecular weight excluding hydrogens is 250 g/mol. The number of nitrogens with zero attached hydrogens (tertiary/aromatic N) is 2. The van der Waals surface area contributed by atoms with Gasteiger partial charge in [0.15, 0.2) is 0 Å². The lowest BCUT2D eigenvalue weighted by molar-refractivity contribution is 0.439. The van der Waals surface area contributed by atoms with E-state index < -0.39 is 0 Å². The fourth-order valence-electron chi connectivity index (χ4n) is 2.36. The number of nitrogens with two attached hydrogens (primary N) is 1. The standard InChI is InChI=1S/C16H15N3O/c1-10-3-4-13(11(2)9-10)15-14(16(17)20-19-15)12-5-7-18-8-6-12/h3-9H,17H2,1-2H3. The third-order valence-corrected chi connectivity index (χ3v) is 3.32. The van der Waals surface area contributed by atoms with Crippen molar-refractivity contribution in [2.24, 2.45) is 0 Å². The summed E-state index contributed by atoms with van der Waals surface area (Å²) in [4.78, 5) is 4.02. The van der Waals surface area contributed by atoms with Crippen LogP contribution in [0, 0.1) is 13.8 Å². The van der Waals surface area contributed by atoms with Gasteiger partial charge in [-0.05, 0) is 37.1 Å². The van der Waals surface area contributed by atoms with Crippen LogP contribution in [0.5, 0.6) is 0 Å². The van der Waals surface area contributed by atoms with E-state index in [0.717, 1.165) is 27.9 Å². The molecule has 0 saturated carbocycles. The minimum atomic E-state index is 0.325. The molecule has 0 spiro atoms. The Labute approximate surface area is 117 Å². The van der Waals surface area contributed by atoms with Crippen LogP contribution < -0.4 is 5.73 Å². The lowest BCUT2D eigenvalue weighted by atomic mass is 9.97. The molecule has 20 heavy (non-hydrogen) atoms. The summed E-state index contributed by atoms with van der Waals surface area (Å²) in [7, 11) is 0. The van der Waals surface area contributed by atoms with Gasteiger partial charge in [-0.2, -0.15) is 0 Å². The van der Waals surface area contributed by atoms with Gasteiger partial charge in [0.1, 0.15) is 5.69 Å². The SMILES string of the molecule is Cc1ccc(-c2noc(N)c2-c2ccncc2)c(C)c1. The Hall–Kier alpha value is -2.62. The second-order valence-corrected chi connectivity index (χ2v) is 4.82. The summed E-state index contributed by atoms with van der Waals surface area (Å²) in [6.07, 6.45) is 3.46. The van der Waals surface area contributed by atoms with Crippen molar-refractivity contribution in [3.05, 3.63) is 53.9 Å². The first-order valence-corrected chi connectivity index (χ1v) is 6.40. The molecule has 4 nitrogen and oxygen atoms in total. The summed E-state index contributed by atoms with van der Waals surface area (Å²) in [6.45, 7) is 4.13. The minimum absolute atomic E-state index is 0.325. The predicted octanol–water partition coefficient (Wildman–Crippen LogP) is 3.60. The van der Waals surface area contributed by atoms with E-state index in [9.17, 15) is 0 Å². The molecule has 2 N–H and O–H groups in total. The van der Waals surface area contributed by atoms with E-state index >= 15 is 0 Å². The number of nitrogen functional groups attached to an aromatic ring is 1. The maximum atomic E-state index is 5.94. The monoisotopic (exact) mass is 265 g/mol. The van der Waals surface area contributed by atoms with E-state index in [-0.39, 0.29) is 0 Å². The zero-order chi connectivity index (χ0) is 14.1. The van der Waals surface area contributed by atoms with Gasteiger partial charge in [-0.15, -0.1) is 0 Å². The molecule has 3 aromatic rings. The molecule has 4 heteroatoms. The molecule has 1 aromatic carbocycles. The van der Waals surface area contributed by atoms with Gasteiger partial charge >= 0.3 is 0 Å². The molecule has 0 radical (unpaired) electrons. The highest BCUT2D eigenvalue weighted by atomic mass is 16.5. The van der Waals surface area contributed by atoms with Gasteiger partial charge < -0.3 is 10.3 Å². The topological polar surface area (TPSA) is 64.9 Å². The van der Waals surface area contributed by atoms with E-state index in [1.807, 2.05) is 18.2 Å². The number of aryl methyl sites for hydroxylation is 2. The van der Waals surface area contributed by atoms with Crippen molar-refractivity contribution < 1.29 is 4.52 Å². The molecule has 100 valence electrons. The van der Waals surface area contributed by atoms with Crippen molar-refractivity contribution in [1.82, 2.24) is 10.1 Å². The predicted molar refractivity (Wildman–Crippen MR) is 79.1 cm³/mol. The van der Waals surface area contributed by atoms with Gasteiger partial charge in [0.2, 0.25) is 5.88 Å². The Morgan fingerprint density at radius 1 is 1.05 bits per heavy atom. The average molecular weight is 265 g/mol. The maximum Gasteiger partial charge on any atom is 0.230 e. The van der Waals surface area contributed by atoms with Crippen LogP contribution in [-0.4, -0.2) is 10.1 Å². The van der Waals surface area contributed by atoms with Crippen LogP contribution >= 0.6 is 0 Å². The number of hydrogen-bond donors (Lipinski definition) is 1. The molecule has 3 rings (SSSR count). The summed E-state index contributed by atoms with van der Waals surface area (Å²) < 4.78 is 5.20. The highest BCUT2D eigenvalue weighted by molar-refractivity contribution is 5.87. The normalized spacial score (nSPS) is 10.7. The van der Waals surface area contributed by atoms with E-state index in [1.54, 1.807) is 12.4 Å². The van der Waals surface area contributed by atoms with Gasteiger partial charge in [-0.3, -0.25) is 4.98 Å². The van der Waals surface area contributed by atoms with Crippen LogP contribution in [0.25, 0.3) is 22.4 Å². The largest absolute Gasteiger partial charge is 0.367 e. The molecule has 0 atom stereocenters. The van der Waals surface area contributed by atoms with Crippen LogP contribution in [0.15, 0.2) is 47.2 Å². The van der Waals surface area contributed by atoms with Gasteiger partial charge in [0.25, 0.3) is 0 Å². The average Bonchev–Trinajstić information content (AvgIpc) is 2.81. The quantitative estimate of drug-likeness (QED) is 0.768. The van der Waals surface area contributed by atoms with E-state index in [4.69, 9.17) is 10.3 Å². The summed E-state index contributed by atoms with van der Waals surface area (Å²) >= 11 is 0. The van der Waals surface area contributed by atoms with Crippen LogP contribution in [0.3, 0.4) is 0 Å². The van der Waals surface area contributed by atoms with Gasteiger partial charge in [0.05, 0.1) is 5.56 Å². The highest BCUT2D eigenvalue weighted by Gasteiger charge is 2.18. The molecule has 0 aliphatic heterocycles. The Balaban J connectivity index is 2.21. The van der Waals surface area contributed by atoms with Crippen molar-refractivity contribution in [1.29, 1.82) is 0 Å². The number of anilines is 1. The first kappa shape index (κ1) is 12.4. The summed E-state index contributed by atoms with van der Waals surface area (Å²) in [5, 5.41) is 4.13. The summed E-state index contributed by atoms with van der Waals surface area (Å²) in [5.74, 6) is 0.325. The molecule has 0 aliphatic rings. The molecule has 0 aliphatic carbocycles. The highest BCUT2D eigenvalue weighted by Crippen LogP contribution is 2.37. The van der Waals surface area contributed by atoms with Crippen molar-refractivity contribution in [2.75, 3.05) is 5.73 Å².